The Labute approximate surface area is 170 Å². The average Bonchev–Trinajstić information content (AvgIpc) is 3.31. The van der Waals surface area contributed by atoms with E-state index in [4.69, 9.17) is 0 Å². The van der Waals surface area contributed by atoms with Gasteiger partial charge in [0.15, 0.2) is 11.6 Å². The van der Waals surface area contributed by atoms with Gasteiger partial charge in [0, 0.05) is 11.7 Å². The van der Waals surface area contributed by atoms with Crippen molar-refractivity contribution in [1.29, 1.82) is 0 Å². The zero-order valence-electron chi connectivity index (χ0n) is 16.1. The first-order valence-electron chi connectivity index (χ1n) is 9.08. The lowest BCUT2D eigenvalue weighted by molar-refractivity contribution is 0.571. The van der Waals surface area contributed by atoms with E-state index in [1.165, 1.54) is 22.9 Å². The minimum atomic E-state index is -2.48. The van der Waals surface area contributed by atoms with Crippen molar-refractivity contribution in [2.75, 3.05) is 13.3 Å². The van der Waals surface area contributed by atoms with Gasteiger partial charge in [-0.1, -0.05) is 11.3 Å². The second-order valence-corrected chi connectivity index (χ2v) is 10.4. The summed E-state index contributed by atoms with van der Waals surface area (Å²) >= 11 is 0. The van der Waals surface area contributed by atoms with Crippen LogP contribution in [0, 0.1) is 5.95 Å². The van der Waals surface area contributed by atoms with E-state index in [9.17, 15) is 8.96 Å². The number of halogens is 1. The van der Waals surface area contributed by atoms with Crippen LogP contribution in [0.25, 0.3) is 28.2 Å². The zero-order valence-corrected chi connectivity index (χ0v) is 17.0. The molecule has 0 spiro atoms. The van der Waals surface area contributed by atoms with Crippen LogP contribution < -0.4 is 5.44 Å². The number of pyridine rings is 1. The predicted molar refractivity (Wildman–Crippen MR) is 110 cm³/mol. The molecule has 0 unspecified atom stereocenters. The Bertz CT molecular complexity index is 1440. The first-order chi connectivity index (χ1) is 14.4. The monoisotopic (exact) mass is 422 g/mol. The molecular weight excluding hydrogens is 406 g/mol. The lowest BCUT2D eigenvalue weighted by atomic mass is 10.2. The van der Waals surface area contributed by atoms with Gasteiger partial charge in [0.25, 0.3) is 0 Å². The fourth-order valence-electron chi connectivity index (χ4n) is 3.09. The molecule has 5 rings (SSSR count). The van der Waals surface area contributed by atoms with Crippen molar-refractivity contribution in [3.63, 3.8) is 0 Å². The third-order valence-corrected chi connectivity index (χ3v) is 6.01. The number of nitrogens with zero attached hydrogens (tertiary/aromatic N) is 8. The molecule has 0 aromatic carbocycles. The Morgan fingerprint density at radius 2 is 1.80 bits per heavy atom. The Balaban J connectivity index is 1.51. The van der Waals surface area contributed by atoms with E-state index < -0.39 is 7.14 Å². The first-order valence-corrected chi connectivity index (χ1v) is 11.7. The highest BCUT2D eigenvalue weighted by Crippen LogP contribution is 2.33. The molecule has 0 atom stereocenters. The maximum atomic E-state index is 13.9. The number of aromatic nitrogens is 8. The largest absolute Gasteiger partial charge is 0.318 e. The van der Waals surface area contributed by atoms with Crippen molar-refractivity contribution in [3.8, 4) is 11.4 Å². The predicted octanol–water partition coefficient (Wildman–Crippen LogP) is 2.37. The normalized spacial score (nSPS) is 12.1. The Kier molecular flexibility index (Phi) is 4.18. The minimum Gasteiger partial charge on any atom is -0.318 e. The summed E-state index contributed by atoms with van der Waals surface area (Å²) in [4.78, 5) is 17.5. The van der Waals surface area contributed by atoms with E-state index in [0.717, 1.165) is 11.1 Å². The molecule has 9 nitrogen and oxygen atoms in total. The van der Waals surface area contributed by atoms with Crippen LogP contribution in [-0.4, -0.2) is 52.7 Å². The van der Waals surface area contributed by atoms with Crippen LogP contribution in [0.2, 0.25) is 0 Å². The van der Waals surface area contributed by atoms with Crippen molar-refractivity contribution in [2.24, 2.45) is 0 Å². The zero-order chi connectivity index (χ0) is 20.9. The quantitative estimate of drug-likeness (QED) is 0.410. The molecule has 0 N–H and O–H groups in total. The summed E-state index contributed by atoms with van der Waals surface area (Å²) in [5.74, 6) is -0.330. The molecule has 0 amide bonds. The molecule has 0 bridgehead atoms. The topological polar surface area (TPSA) is 104 Å². The van der Waals surface area contributed by atoms with Crippen LogP contribution in [0.3, 0.4) is 0 Å². The molecule has 0 saturated carbocycles. The second kappa shape index (κ2) is 6.77. The molecule has 0 radical (unpaired) electrons. The Morgan fingerprint density at radius 3 is 2.57 bits per heavy atom. The molecule has 0 fully saturated rings. The van der Waals surface area contributed by atoms with Crippen molar-refractivity contribution in [3.05, 3.63) is 60.6 Å². The van der Waals surface area contributed by atoms with Gasteiger partial charge in [0.2, 0.25) is 5.65 Å². The smallest absolute Gasteiger partial charge is 0.221 e. The maximum absolute atomic E-state index is 13.9. The standard InChI is InChI=1S/C19H16FN8OP/c1-30(2,29)17-9-21-14(7-22-17)15-8-23-18-19(24-15)28(26-25-18)11-12-3-4-13-5-6-16(20)27(13)10-12/h3-10H,11H2,1-2H3. The molecular formula is C19H16FN8OP. The van der Waals surface area contributed by atoms with Crippen LogP contribution in [0.15, 0.2) is 49.1 Å². The summed E-state index contributed by atoms with van der Waals surface area (Å²) in [5.41, 5.74) is 3.94. The summed E-state index contributed by atoms with van der Waals surface area (Å²) < 4.78 is 29.1. The van der Waals surface area contributed by atoms with Crippen LogP contribution in [0.4, 0.5) is 4.39 Å². The Hall–Kier alpha value is -3.52. The summed E-state index contributed by atoms with van der Waals surface area (Å²) in [7, 11) is -2.48. The molecule has 5 heterocycles. The molecule has 5 aromatic rings. The molecule has 0 aliphatic carbocycles. The van der Waals surface area contributed by atoms with Crippen LogP contribution >= 0.6 is 7.14 Å². The van der Waals surface area contributed by atoms with Gasteiger partial charge < -0.3 is 4.57 Å². The molecule has 30 heavy (non-hydrogen) atoms. The fraction of sp³-hybridized carbons (Fsp3) is 0.158. The van der Waals surface area contributed by atoms with E-state index in [1.807, 2.05) is 12.1 Å². The number of rotatable bonds is 4. The fourth-order valence-corrected chi connectivity index (χ4v) is 3.77. The van der Waals surface area contributed by atoms with Gasteiger partial charge in [-0.15, -0.1) is 5.10 Å². The maximum Gasteiger partial charge on any atom is 0.221 e. The molecule has 0 saturated heterocycles. The molecule has 11 heteroatoms. The summed E-state index contributed by atoms with van der Waals surface area (Å²) in [6.07, 6.45) is 6.29. The number of hydrogen-bond acceptors (Lipinski definition) is 7. The minimum absolute atomic E-state index is 0.330. The van der Waals surface area contributed by atoms with E-state index in [1.54, 1.807) is 36.5 Å². The van der Waals surface area contributed by atoms with E-state index in [-0.39, 0.29) is 5.95 Å². The van der Waals surface area contributed by atoms with Crippen molar-refractivity contribution >= 4 is 29.4 Å². The van der Waals surface area contributed by atoms with Gasteiger partial charge in [-0.2, -0.15) is 4.39 Å². The van der Waals surface area contributed by atoms with Crippen molar-refractivity contribution in [1.82, 2.24) is 39.3 Å². The summed E-state index contributed by atoms with van der Waals surface area (Å²) in [6, 6.07) is 6.87. The second-order valence-electron chi connectivity index (χ2n) is 7.25. The van der Waals surface area contributed by atoms with Gasteiger partial charge in [-0.3, -0.25) is 9.38 Å². The third-order valence-electron chi connectivity index (χ3n) is 4.68. The van der Waals surface area contributed by atoms with Gasteiger partial charge in [-0.25, -0.2) is 19.6 Å². The SMILES string of the molecule is CP(C)(=O)c1cnc(-c2cnc3nnn(Cc4ccc5ccc(F)n5c4)c3n2)cn1. The summed E-state index contributed by atoms with van der Waals surface area (Å²) in [5, 5.41) is 8.18. The van der Waals surface area contributed by atoms with Crippen LogP contribution in [0.1, 0.15) is 5.56 Å². The highest BCUT2D eigenvalue weighted by atomic mass is 31.2. The Morgan fingerprint density at radius 1 is 1.00 bits per heavy atom. The van der Waals surface area contributed by atoms with Gasteiger partial charge in [0.1, 0.15) is 24.0 Å². The highest BCUT2D eigenvalue weighted by Gasteiger charge is 2.15. The molecule has 150 valence electrons. The van der Waals surface area contributed by atoms with Gasteiger partial charge >= 0.3 is 0 Å². The van der Waals surface area contributed by atoms with Crippen LogP contribution in [0.5, 0.6) is 0 Å². The van der Waals surface area contributed by atoms with Crippen molar-refractivity contribution in [2.45, 2.75) is 6.54 Å². The average molecular weight is 422 g/mol. The van der Waals surface area contributed by atoms with Gasteiger partial charge in [0.05, 0.1) is 25.1 Å². The lowest BCUT2D eigenvalue weighted by Crippen LogP contribution is -2.09. The van der Waals surface area contributed by atoms with E-state index >= 15 is 0 Å². The number of hydrogen-bond donors (Lipinski definition) is 0. The molecule has 0 aliphatic heterocycles. The summed E-state index contributed by atoms with van der Waals surface area (Å²) in [6.45, 7) is 3.63. The van der Waals surface area contributed by atoms with Crippen LogP contribution in [-0.2, 0) is 11.1 Å². The molecule has 5 aromatic heterocycles. The van der Waals surface area contributed by atoms with E-state index in [2.05, 4.69) is 30.2 Å². The van der Waals surface area contributed by atoms with Gasteiger partial charge in [-0.05, 0) is 37.1 Å². The third kappa shape index (κ3) is 3.25. The number of fused-ring (bicyclic) bond motifs is 2. The molecule has 0 aliphatic rings. The van der Waals surface area contributed by atoms with E-state index in [0.29, 0.717) is 34.7 Å². The highest BCUT2D eigenvalue weighted by molar-refractivity contribution is 7.69. The van der Waals surface area contributed by atoms with Crippen molar-refractivity contribution < 1.29 is 8.96 Å². The first kappa shape index (κ1) is 18.5. The lowest BCUT2D eigenvalue weighted by Gasteiger charge is -2.06.